The topological polar surface area (TPSA) is 47.6 Å². The molecule has 4 nitrogen and oxygen atoms in total. The van der Waals surface area contributed by atoms with Crippen LogP contribution in [0.25, 0.3) is 0 Å². The zero-order valence-electron chi connectivity index (χ0n) is 12.7. The lowest BCUT2D eigenvalue weighted by atomic mass is 10.1. The number of nitrogens with one attached hydrogen (secondary N) is 1. The Labute approximate surface area is 135 Å². The second-order valence-corrected chi connectivity index (χ2v) is 5.25. The molecule has 0 aliphatic heterocycles. The van der Waals surface area contributed by atoms with Gasteiger partial charge in [-0.2, -0.15) is 0 Å². The van der Waals surface area contributed by atoms with Crippen molar-refractivity contribution in [1.82, 2.24) is 5.32 Å². The van der Waals surface area contributed by atoms with Gasteiger partial charge in [0.15, 0.2) is 0 Å². The number of hydrogen-bond acceptors (Lipinski definition) is 3. The van der Waals surface area contributed by atoms with Crippen LogP contribution in [0, 0.1) is 0 Å². The van der Waals surface area contributed by atoms with E-state index in [0.29, 0.717) is 22.1 Å². The number of carbonyl (C=O) groups excluding carboxylic acids is 1. The molecular weight excluding hydrogens is 302 g/mol. The quantitative estimate of drug-likeness (QED) is 0.910. The predicted molar refractivity (Wildman–Crippen MR) is 86.9 cm³/mol. The Morgan fingerprint density at radius 3 is 2.55 bits per heavy atom. The molecule has 0 aliphatic rings. The molecule has 0 bridgehead atoms. The molecule has 0 fully saturated rings. The van der Waals surface area contributed by atoms with Gasteiger partial charge in [0, 0.05) is 16.1 Å². The Kier molecular flexibility index (Phi) is 5.28. The molecule has 0 spiro atoms. The van der Waals surface area contributed by atoms with Crippen LogP contribution in [0.1, 0.15) is 28.9 Å². The summed E-state index contributed by atoms with van der Waals surface area (Å²) in [4.78, 5) is 12.3. The van der Waals surface area contributed by atoms with Crippen molar-refractivity contribution in [1.29, 1.82) is 0 Å². The highest BCUT2D eigenvalue weighted by atomic mass is 35.5. The first-order valence-electron chi connectivity index (χ1n) is 6.83. The Bertz CT molecular complexity index is 673. The third-order valence-electron chi connectivity index (χ3n) is 3.34. The highest BCUT2D eigenvalue weighted by Crippen LogP contribution is 2.29. The van der Waals surface area contributed by atoms with E-state index in [1.807, 2.05) is 25.1 Å². The number of methoxy groups -OCH3 is 2. The summed E-state index contributed by atoms with van der Waals surface area (Å²) in [7, 11) is 3.19. The molecule has 0 aromatic heterocycles. The maximum absolute atomic E-state index is 12.3. The second kappa shape index (κ2) is 7.18. The third kappa shape index (κ3) is 3.71. The molecule has 0 aliphatic carbocycles. The van der Waals surface area contributed by atoms with Crippen LogP contribution in [0.2, 0.25) is 5.02 Å². The number of amides is 1. The van der Waals surface area contributed by atoms with Gasteiger partial charge in [0.25, 0.3) is 5.91 Å². The molecule has 1 N–H and O–H groups in total. The molecule has 5 heteroatoms. The standard InChI is InChI=1S/C17H18ClNO3/c1-11(15-10-14(21-2)7-8-16(15)22-3)19-17(20)12-5-4-6-13(18)9-12/h4-11H,1-3H3,(H,19,20)/t11-/m0/s1. The van der Waals surface area contributed by atoms with Gasteiger partial charge in [-0.05, 0) is 43.3 Å². The van der Waals surface area contributed by atoms with Crippen LogP contribution in [-0.4, -0.2) is 20.1 Å². The molecule has 0 saturated carbocycles. The average Bonchev–Trinajstić information content (AvgIpc) is 2.54. The summed E-state index contributed by atoms with van der Waals surface area (Å²) in [5.41, 5.74) is 1.36. The lowest BCUT2D eigenvalue weighted by Gasteiger charge is -2.18. The molecule has 0 radical (unpaired) electrons. The van der Waals surface area contributed by atoms with E-state index in [2.05, 4.69) is 5.32 Å². The van der Waals surface area contributed by atoms with Crippen molar-refractivity contribution in [3.8, 4) is 11.5 Å². The van der Waals surface area contributed by atoms with Crippen LogP contribution in [-0.2, 0) is 0 Å². The van der Waals surface area contributed by atoms with Crippen LogP contribution in [0.5, 0.6) is 11.5 Å². The van der Waals surface area contributed by atoms with Gasteiger partial charge >= 0.3 is 0 Å². The van der Waals surface area contributed by atoms with Gasteiger partial charge in [0.1, 0.15) is 11.5 Å². The summed E-state index contributed by atoms with van der Waals surface area (Å²) in [6.45, 7) is 1.89. The molecular formula is C17H18ClNO3. The predicted octanol–water partition coefficient (Wildman–Crippen LogP) is 3.85. The van der Waals surface area contributed by atoms with Crippen molar-refractivity contribution >= 4 is 17.5 Å². The van der Waals surface area contributed by atoms with Crippen molar-refractivity contribution in [3.63, 3.8) is 0 Å². The number of rotatable bonds is 5. The van der Waals surface area contributed by atoms with Crippen LogP contribution < -0.4 is 14.8 Å². The third-order valence-corrected chi connectivity index (χ3v) is 3.57. The molecule has 1 amide bonds. The van der Waals surface area contributed by atoms with Gasteiger partial charge in [-0.15, -0.1) is 0 Å². The van der Waals surface area contributed by atoms with Gasteiger partial charge in [-0.25, -0.2) is 0 Å². The summed E-state index contributed by atoms with van der Waals surface area (Å²) in [6, 6.07) is 12.1. The summed E-state index contributed by atoms with van der Waals surface area (Å²) in [6.07, 6.45) is 0. The van der Waals surface area contributed by atoms with Crippen molar-refractivity contribution in [2.45, 2.75) is 13.0 Å². The van der Waals surface area contributed by atoms with Gasteiger partial charge in [-0.3, -0.25) is 4.79 Å². The molecule has 22 heavy (non-hydrogen) atoms. The number of ether oxygens (including phenoxy) is 2. The fourth-order valence-corrected chi connectivity index (χ4v) is 2.36. The summed E-state index contributed by atoms with van der Waals surface area (Å²) < 4.78 is 10.6. The molecule has 2 rings (SSSR count). The Balaban J connectivity index is 2.21. The largest absolute Gasteiger partial charge is 0.497 e. The molecule has 2 aromatic carbocycles. The van der Waals surface area contributed by atoms with Gasteiger partial charge < -0.3 is 14.8 Å². The van der Waals surface area contributed by atoms with Crippen molar-refractivity contribution < 1.29 is 14.3 Å². The van der Waals surface area contributed by atoms with E-state index in [9.17, 15) is 4.79 Å². The minimum Gasteiger partial charge on any atom is -0.497 e. The number of carbonyl (C=O) groups is 1. The van der Waals surface area contributed by atoms with E-state index in [1.54, 1.807) is 38.5 Å². The molecule has 116 valence electrons. The van der Waals surface area contributed by atoms with Gasteiger partial charge in [-0.1, -0.05) is 17.7 Å². The van der Waals surface area contributed by atoms with Crippen LogP contribution >= 0.6 is 11.6 Å². The van der Waals surface area contributed by atoms with Crippen molar-refractivity contribution in [2.24, 2.45) is 0 Å². The van der Waals surface area contributed by atoms with Crippen molar-refractivity contribution in [2.75, 3.05) is 14.2 Å². The van der Waals surface area contributed by atoms with Gasteiger partial charge in [0.2, 0.25) is 0 Å². The zero-order valence-corrected chi connectivity index (χ0v) is 13.5. The molecule has 0 unspecified atom stereocenters. The summed E-state index contributed by atoms with van der Waals surface area (Å²) >= 11 is 5.91. The Hall–Kier alpha value is -2.20. The molecule has 0 saturated heterocycles. The van der Waals surface area contributed by atoms with E-state index in [1.165, 1.54) is 0 Å². The van der Waals surface area contributed by atoms with Gasteiger partial charge in [0.05, 0.1) is 20.3 Å². The zero-order chi connectivity index (χ0) is 16.1. The fourth-order valence-electron chi connectivity index (χ4n) is 2.17. The first kappa shape index (κ1) is 16.2. The normalized spacial score (nSPS) is 11.6. The maximum atomic E-state index is 12.3. The summed E-state index contributed by atoms with van der Waals surface area (Å²) in [5, 5.41) is 3.46. The van der Waals surface area contributed by atoms with E-state index >= 15 is 0 Å². The minimum absolute atomic E-state index is 0.195. The number of benzene rings is 2. The lowest BCUT2D eigenvalue weighted by molar-refractivity contribution is 0.0939. The van der Waals surface area contributed by atoms with E-state index < -0.39 is 0 Å². The van der Waals surface area contributed by atoms with Crippen molar-refractivity contribution in [3.05, 3.63) is 58.6 Å². The monoisotopic (exact) mass is 319 g/mol. The lowest BCUT2D eigenvalue weighted by Crippen LogP contribution is -2.26. The highest BCUT2D eigenvalue weighted by molar-refractivity contribution is 6.30. The van der Waals surface area contributed by atoms with E-state index in [-0.39, 0.29) is 11.9 Å². The highest BCUT2D eigenvalue weighted by Gasteiger charge is 2.16. The second-order valence-electron chi connectivity index (χ2n) is 4.81. The molecule has 1 atom stereocenters. The Morgan fingerprint density at radius 1 is 1.14 bits per heavy atom. The van der Waals surface area contributed by atoms with Crippen LogP contribution in [0.4, 0.5) is 0 Å². The first-order chi connectivity index (χ1) is 10.5. The van der Waals surface area contributed by atoms with E-state index in [0.717, 1.165) is 5.56 Å². The molecule has 0 heterocycles. The first-order valence-corrected chi connectivity index (χ1v) is 7.21. The maximum Gasteiger partial charge on any atom is 0.251 e. The number of halogens is 1. The average molecular weight is 320 g/mol. The number of hydrogen-bond donors (Lipinski definition) is 1. The SMILES string of the molecule is COc1ccc(OC)c([C@H](C)NC(=O)c2cccc(Cl)c2)c1. The Morgan fingerprint density at radius 2 is 1.91 bits per heavy atom. The molecule has 2 aromatic rings. The fraction of sp³-hybridized carbons (Fsp3) is 0.235. The minimum atomic E-state index is -0.239. The summed E-state index contributed by atoms with van der Waals surface area (Å²) in [5.74, 6) is 1.21. The van der Waals surface area contributed by atoms with Crippen LogP contribution in [0.3, 0.4) is 0 Å². The van der Waals surface area contributed by atoms with E-state index in [4.69, 9.17) is 21.1 Å². The van der Waals surface area contributed by atoms with Crippen LogP contribution in [0.15, 0.2) is 42.5 Å². The smallest absolute Gasteiger partial charge is 0.251 e.